The maximum absolute atomic E-state index is 13.0. The average molecular weight is 467 g/mol. The molecule has 10 heteroatoms. The van der Waals surface area contributed by atoms with Crippen LogP contribution in [0.5, 0.6) is 0 Å². The molecule has 1 aromatic carbocycles. The van der Waals surface area contributed by atoms with Crippen LogP contribution in [0, 0.1) is 0 Å². The van der Waals surface area contributed by atoms with Crippen molar-refractivity contribution in [3.63, 3.8) is 0 Å². The molecule has 2 fully saturated rings. The third kappa shape index (κ3) is 5.39. The number of ether oxygens (including phenoxy) is 1. The van der Waals surface area contributed by atoms with E-state index in [9.17, 15) is 23.1 Å². The van der Waals surface area contributed by atoms with Crippen molar-refractivity contribution in [1.29, 1.82) is 0 Å². The predicted molar refractivity (Wildman–Crippen MR) is 113 cm³/mol. The average Bonchev–Trinajstić information content (AvgIpc) is 3.22. The first kappa shape index (κ1) is 23.7. The Bertz CT molecular complexity index is 947. The van der Waals surface area contributed by atoms with Gasteiger partial charge in [-0.2, -0.15) is 13.2 Å². The van der Waals surface area contributed by atoms with Crippen molar-refractivity contribution in [3.05, 3.63) is 41.1 Å². The van der Waals surface area contributed by atoms with Gasteiger partial charge in [-0.05, 0) is 50.7 Å². The van der Waals surface area contributed by atoms with Crippen LogP contribution in [0.25, 0.3) is 11.3 Å². The zero-order valence-electron chi connectivity index (χ0n) is 18.2. The zero-order chi connectivity index (χ0) is 23.6. The van der Waals surface area contributed by atoms with Crippen molar-refractivity contribution in [2.45, 2.75) is 69.4 Å². The number of rotatable bonds is 6. The first-order valence-electron chi connectivity index (χ1n) is 11.2. The minimum Gasteiger partial charge on any atom is -0.393 e. The summed E-state index contributed by atoms with van der Waals surface area (Å²) >= 11 is 0. The fourth-order valence-electron chi connectivity index (χ4n) is 4.83. The number of hydrogen-bond acceptors (Lipinski definition) is 6. The van der Waals surface area contributed by atoms with Gasteiger partial charge in [0.1, 0.15) is 0 Å². The van der Waals surface area contributed by atoms with Crippen molar-refractivity contribution in [3.8, 4) is 11.3 Å². The number of halogens is 3. The summed E-state index contributed by atoms with van der Waals surface area (Å²) in [6.07, 6.45) is -0.0940. The van der Waals surface area contributed by atoms with Crippen LogP contribution < -0.4 is 5.73 Å². The van der Waals surface area contributed by atoms with Gasteiger partial charge in [0.25, 0.3) is 5.91 Å². The highest BCUT2D eigenvalue weighted by atomic mass is 19.4. The van der Waals surface area contributed by atoms with Gasteiger partial charge in [0.05, 0.1) is 11.7 Å². The minimum absolute atomic E-state index is 0.0159. The van der Waals surface area contributed by atoms with Crippen molar-refractivity contribution < 1.29 is 32.3 Å². The molecule has 1 saturated carbocycles. The van der Waals surface area contributed by atoms with E-state index < -0.39 is 17.6 Å². The van der Waals surface area contributed by atoms with E-state index in [1.165, 1.54) is 12.1 Å². The summed E-state index contributed by atoms with van der Waals surface area (Å²) in [6.45, 7) is 1.59. The van der Waals surface area contributed by atoms with Crippen LogP contribution in [0.4, 0.5) is 13.2 Å². The van der Waals surface area contributed by atoms with E-state index in [2.05, 4.69) is 10.1 Å². The fourth-order valence-corrected chi connectivity index (χ4v) is 4.83. The normalized spacial score (nSPS) is 22.6. The molecule has 1 aliphatic heterocycles. The lowest BCUT2D eigenvalue weighted by Gasteiger charge is -2.42. The zero-order valence-corrected chi connectivity index (χ0v) is 18.2. The van der Waals surface area contributed by atoms with Crippen molar-refractivity contribution >= 4 is 5.91 Å². The Morgan fingerprint density at radius 1 is 1.06 bits per heavy atom. The van der Waals surface area contributed by atoms with Crippen LogP contribution in [-0.2, 0) is 17.5 Å². The number of aliphatic hydroxyl groups is 1. The number of benzene rings is 1. The van der Waals surface area contributed by atoms with Gasteiger partial charge >= 0.3 is 6.18 Å². The molecule has 33 heavy (non-hydrogen) atoms. The molecule has 2 aliphatic rings. The lowest BCUT2D eigenvalue weighted by Crippen LogP contribution is -2.47. The number of carbonyl (C=O) groups excluding carboxylic acids is 1. The van der Waals surface area contributed by atoms with Crippen molar-refractivity contribution in [2.24, 2.45) is 5.73 Å². The third-order valence-corrected chi connectivity index (χ3v) is 6.63. The molecule has 0 radical (unpaired) electrons. The molecule has 0 bridgehead atoms. The molecule has 1 saturated heterocycles. The Morgan fingerprint density at radius 3 is 2.24 bits per heavy atom. The number of alkyl halides is 3. The largest absolute Gasteiger partial charge is 0.416 e. The monoisotopic (exact) mass is 467 g/mol. The predicted octanol–water partition coefficient (Wildman–Crippen LogP) is 3.74. The molecular formula is C23H28F3N3O4. The second kappa shape index (κ2) is 9.82. The third-order valence-electron chi connectivity index (χ3n) is 6.63. The van der Waals surface area contributed by atoms with E-state index in [4.69, 9.17) is 15.0 Å². The summed E-state index contributed by atoms with van der Waals surface area (Å²) in [5, 5.41) is 13.8. The smallest absolute Gasteiger partial charge is 0.393 e. The Labute approximate surface area is 189 Å². The number of aromatic nitrogens is 1. The lowest BCUT2D eigenvalue weighted by atomic mass is 9.89. The quantitative estimate of drug-likeness (QED) is 0.671. The first-order valence-corrected chi connectivity index (χ1v) is 11.2. The Kier molecular flexibility index (Phi) is 7.06. The summed E-state index contributed by atoms with van der Waals surface area (Å²) < 4.78 is 49.9. The molecule has 0 unspecified atom stereocenters. The molecule has 3 N–H and O–H groups in total. The SMILES string of the molecule is NC(=O)c1noc(-c2ccc(C(F)(F)F)cc2)c1CN(C1CCOCC1)C1CCC(O)CC1. The topological polar surface area (TPSA) is 102 Å². The van der Waals surface area contributed by atoms with Crippen LogP contribution in [0.2, 0.25) is 0 Å². The standard InChI is InChI=1S/C23H28F3N3O4/c24-23(25,26)15-3-1-14(2-4-15)21-19(20(22(27)31)28-33-21)13-29(17-9-11-32-12-10-17)16-5-7-18(30)8-6-16/h1-4,16-18,30H,5-13H2,(H2,27,31). The second-order valence-electron chi connectivity index (χ2n) is 8.76. The van der Waals surface area contributed by atoms with Crippen LogP contribution >= 0.6 is 0 Å². The number of amides is 1. The second-order valence-corrected chi connectivity index (χ2v) is 8.76. The lowest BCUT2D eigenvalue weighted by molar-refractivity contribution is -0.137. The van der Waals surface area contributed by atoms with Crippen molar-refractivity contribution in [1.82, 2.24) is 10.1 Å². The highest BCUT2D eigenvalue weighted by molar-refractivity contribution is 5.93. The maximum Gasteiger partial charge on any atom is 0.416 e. The Morgan fingerprint density at radius 2 is 1.67 bits per heavy atom. The van der Waals surface area contributed by atoms with Gasteiger partial charge in [0.15, 0.2) is 11.5 Å². The molecule has 1 aromatic heterocycles. The highest BCUT2D eigenvalue weighted by Crippen LogP contribution is 2.35. The summed E-state index contributed by atoms with van der Waals surface area (Å²) in [6, 6.07) is 4.97. The van der Waals surface area contributed by atoms with E-state index in [-0.39, 0.29) is 29.6 Å². The molecule has 0 atom stereocenters. The Hall–Kier alpha value is -2.43. The van der Waals surface area contributed by atoms with Gasteiger partial charge in [-0.25, -0.2) is 0 Å². The molecule has 1 amide bonds. The van der Waals surface area contributed by atoms with Gasteiger partial charge in [-0.3, -0.25) is 9.69 Å². The number of nitrogens with two attached hydrogens (primary N) is 1. The molecular weight excluding hydrogens is 439 g/mol. The number of hydrogen-bond donors (Lipinski definition) is 2. The molecule has 2 aromatic rings. The first-order chi connectivity index (χ1) is 15.7. The van der Waals surface area contributed by atoms with E-state index >= 15 is 0 Å². The van der Waals surface area contributed by atoms with Crippen LogP contribution in [0.1, 0.15) is 60.1 Å². The maximum atomic E-state index is 13.0. The number of aliphatic hydroxyl groups excluding tert-OH is 1. The van der Waals surface area contributed by atoms with Gasteiger partial charge in [-0.15, -0.1) is 0 Å². The number of primary amides is 1. The molecule has 4 rings (SSSR count). The Balaban J connectivity index is 1.68. The molecule has 180 valence electrons. The minimum atomic E-state index is -4.45. The van der Waals surface area contributed by atoms with Gasteiger partial charge < -0.3 is 20.1 Å². The van der Waals surface area contributed by atoms with E-state index in [1.54, 1.807) is 0 Å². The summed E-state index contributed by atoms with van der Waals surface area (Å²) in [5.41, 5.74) is 5.63. The molecule has 0 spiro atoms. The van der Waals surface area contributed by atoms with Crippen LogP contribution in [0.3, 0.4) is 0 Å². The van der Waals surface area contributed by atoms with E-state index in [0.717, 1.165) is 37.8 Å². The molecule has 1 aliphatic carbocycles. The van der Waals surface area contributed by atoms with Gasteiger partial charge in [-0.1, -0.05) is 17.3 Å². The summed E-state index contributed by atoms with van der Waals surface area (Å²) in [4.78, 5) is 14.4. The fraction of sp³-hybridized carbons (Fsp3) is 0.565. The van der Waals surface area contributed by atoms with Gasteiger partial charge in [0.2, 0.25) is 0 Å². The number of nitrogens with zero attached hydrogens (tertiary/aromatic N) is 2. The van der Waals surface area contributed by atoms with E-state index in [1.807, 2.05) is 0 Å². The molecule has 7 nitrogen and oxygen atoms in total. The summed E-state index contributed by atoms with van der Waals surface area (Å²) in [5.74, 6) is -0.511. The van der Waals surface area contributed by atoms with Crippen LogP contribution in [-0.4, -0.2) is 52.5 Å². The molecule has 2 heterocycles. The van der Waals surface area contributed by atoms with E-state index in [0.29, 0.717) is 43.7 Å². The number of carbonyl (C=O) groups is 1. The van der Waals surface area contributed by atoms with Crippen LogP contribution in [0.15, 0.2) is 28.8 Å². The van der Waals surface area contributed by atoms with Crippen molar-refractivity contribution in [2.75, 3.05) is 13.2 Å². The van der Waals surface area contributed by atoms with Gasteiger partial charge in [0, 0.05) is 43.0 Å². The summed E-state index contributed by atoms with van der Waals surface area (Å²) in [7, 11) is 0. The highest BCUT2D eigenvalue weighted by Gasteiger charge is 2.34.